The van der Waals surface area contributed by atoms with Crippen molar-refractivity contribution in [2.24, 2.45) is 11.5 Å². The summed E-state index contributed by atoms with van der Waals surface area (Å²) in [7, 11) is 0. The Labute approximate surface area is 190 Å². The Morgan fingerprint density at radius 2 is 1.97 bits per heavy atom. The summed E-state index contributed by atoms with van der Waals surface area (Å²) in [5.74, 6) is -1.36. The summed E-state index contributed by atoms with van der Waals surface area (Å²) in [6.45, 7) is 7.74. The quantitative estimate of drug-likeness (QED) is 0.399. The molecule has 2 aromatic heterocycles. The van der Waals surface area contributed by atoms with Crippen molar-refractivity contribution in [2.75, 3.05) is 0 Å². The number of nitrogens with zero attached hydrogens (tertiary/aromatic N) is 1. The number of halogens is 1. The van der Waals surface area contributed by atoms with Crippen molar-refractivity contribution in [1.29, 1.82) is 0 Å². The number of allylic oxidation sites excluding steroid dienone is 5. The Kier molecular flexibility index (Phi) is 7.25. The van der Waals surface area contributed by atoms with Crippen molar-refractivity contribution in [3.8, 4) is 11.1 Å². The van der Waals surface area contributed by atoms with Crippen LogP contribution in [-0.4, -0.2) is 21.0 Å². The van der Waals surface area contributed by atoms with Crippen LogP contribution in [0, 0.1) is 5.82 Å². The van der Waals surface area contributed by atoms with Gasteiger partial charge in [-0.25, -0.2) is 9.37 Å². The van der Waals surface area contributed by atoms with Gasteiger partial charge in [-0.2, -0.15) is 0 Å². The third-order valence-electron chi connectivity index (χ3n) is 5.16. The van der Waals surface area contributed by atoms with E-state index in [0.29, 0.717) is 50.3 Å². The highest BCUT2D eigenvalue weighted by Crippen LogP contribution is 2.28. The van der Waals surface area contributed by atoms with Crippen LogP contribution in [0.15, 0.2) is 79.2 Å². The highest BCUT2D eigenvalue weighted by atomic mass is 19.1. The van der Waals surface area contributed by atoms with Crippen LogP contribution in [0.5, 0.6) is 0 Å². The molecule has 33 heavy (non-hydrogen) atoms. The summed E-state index contributed by atoms with van der Waals surface area (Å²) < 4.78 is 15.1. The molecule has 1 aromatic carbocycles. The molecule has 6 N–H and O–H groups in total. The molecule has 168 valence electrons. The molecule has 0 bridgehead atoms. The average Bonchev–Trinajstić information content (AvgIpc) is 3.16. The number of fused-ring (bicyclic) bond motifs is 1. The Morgan fingerprint density at radius 3 is 2.58 bits per heavy atom. The number of aryl methyl sites for hydroxylation is 1. The van der Waals surface area contributed by atoms with E-state index < -0.39 is 11.8 Å². The molecule has 0 aliphatic heterocycles. The maximum Gasteiger partial charge on any atom is 0.303 e. The van der Waals surface area contributed by atoms with Crippen LogP contribution in [0.2, 0.25) is 0 Å². The Hall–Kier alpha value is -4.39. The number of aliphatic carboxylic acids is 1. The minimum absolute atomic E-state index is 0.0270. The second-order valence-electron chi connectivity index (χ2n) is 7.30. The molecule has 0 radical (unpaired) electrons. The van der Waals surface area contributed by atoms with Gasteiger partial charge in [-0.3, -0.25) is 4.79 Å². The molecule has 0 saturated carbocycles. The lowest BCUT2D eigenvalue weighted by Crippen LogP contribution is -2.25. The van der Waals surface area contributed by atoms with Crippen LogP contribution < -0.4 is 22.0 Å². The number of carboxylic acids is 1. The van der Waals surface area contributed by atoms with Crippen molar-refractivity contribution in [3.05, 3.63) is 101 Å². The number of pyridine rings is 1. The molecule has 0 amide bonds. The van der Waals surface area contributed by atoms with Gasteiger partial charge in [0.25, 0.3) is 0 Å². The van der Waals surface area contributed by atoms with E-state index in [1.807, 2.05) is 0 Å². The Balaban J connectivity index is 2.22. The molecule has 0 atom stereocenters. The predicted molar refractivity (Wildman–Crippen MR) is 131 cm³/mol. The maximum absolute atomic E-state index is 15.1. The standard InChI is InChI=1S/C26H25FN4O2/c1-3-4-5-19(13-28)16(2)12-20-22(14-29)31-26-25(20)24(21(27)15-30-26)18-9-6-17(7-10-18)8-11-23(32)33/h3-7,9-10,12-15H,1-2,8,11,28-29H2,(H,30,31)(H,32,33)/b5-4-,19-13+,20-12+,22-14+. The lowest BCUT2D eigenvalue weighted by molar-refractivity contribution is -0.136. The third kappa shape index (κ3) is 5.10. The van der Waals surface area contributed by atoms with Gasteiger partial charge in [0.15, 0.2) is 0 Å². The maximum atomic E-state index is 15.1. The summed E-state index contributed by atoms with van der Waals surface area (Å²) in [6, 6.07) is 7.13. The third-order valence-corrected chi connectivity index (χ3v) is 5.16. The molecule has 6 nitrogen and oxygen atoms in total. The van der Waals surface area contributed by atoms with E-state index in [-0.39, 0.29) is 6.42 Å². The lowest BCUT2D eigenvalue weighted by atomic mass is 9.98. The van der Waals surface area contributed by atoms with Crippen molar-refractivity contribution >= 4 is 29.3 Å². The number of nitrogens with one attached hydrogen (secondary N) is 1. The number of hydrogen-bond donors (Lipinski definition) is 4. The number of H-pyrrole nitrogens is 1. The number of rotatable bonds is 8. The molecule has 3 aromatic rings. The summed E-state index contributed by atoms with van der Waals surface area (Å²) in [5, 5.41) is 10.6. The van der Waals surface area contributed by atoms with Gasteiger partial charge >= 0.3 is 5.97 Å². The normalized spacial score (nSPS) is 13.2. The van der Waals surface area contributed by atoms with Gasteiger partial charge in [-0.1, -0.05) is 55.7 Å². The van der Waals surface area contributed by atoms with Crippen LogP contribution in [-0.2, 0) is 11.2 Å². The highest BCUT2D eigenvalue weighted by molar-refractivity contribution is 5.95. The monoisotopic (exact) mass is 444 g/mol. The molecule has 0 saturated heterocycles. The average molecular weight is 445 g/mol. The second kappa shape index (κ2) is 10.3. The van der Waals surface area contributed by atoms with E-state index in [2.05, 4.69) is 23.1 Å². The van der Waals surface area contributed by atoms with Crippen molar-refractivity contribution in [2.45, 2.75) is 12.8 Å². The van der Waals surface area contributed by atoms with Crippen LogP contribution in [0.25, 0.3) is 34.4 Å². The smallest absolute Gasteiger partial charge is 0.303 e. The lowest BCUT2D eigenvalue weighted by Gasteiger charge is -2.07. The number of nitrogens with two attached hydrogens (primary N) is 2. The number of hydrogen-bond acceptors (Lipinski definition) is 4. The van der Waals surface area contributed by atoms with E-state index >= 15 is 4.39 Å². The SMILES string of the molecule is C=C/C=C\C(=C/N)C(=C)/C=c1\c(=C/N)[nH]c2ncc(F)c(-c3ccc(CCC(=O)O)cc3)c12. The van der Waals surface area contributed by atoms with Crippen LogP contribution >= 0.6 is 0 Å². The van der Waals surface area contributed by atoms with Crippen molar-refractivity contribution < 1.29 is 14.3 Å². The fourth-order valence-electron chi connectivity index (χ4n) is 3.53. The zero-order valence-corrected chi connectivity index (χ0v) is 18.0. The predicted octanol–water partition coefficient (Wildman–Crippen LogP) is 3.00. The molecule has 0 aliphatic rings. The van der Waals surface area contributed by atoms with Crippen molar-refractivity contribution in [3.63, 3.8) is 0 Å². The molecule has 2 heterocycles. The molecular weight excluding hydrogens is 419 g/mol. The molecular formula is C26H25FN4O2. The van der Waals surface area contributed by atoms with Crippen molar-refractivity contribution in [1.82, 2.24) is 9.97 Å². The molecule has 7 heteroatoms. The number of carboxylic acid groups (broad SMARTS) is 1. The minimum Gasteiger partial charge on any atom is -0.481 e. The van der Waals surface area contributed by atoms with E-state index in [1.165, 1.54) is 12.4 Å². The van der Waals surface area contributed by atoms with E-state index in [0.717, 1.165) is 11.8 Å². The van der Waals surface area contributed by atoms with Crippen LogP contribution in [0.3, 0.4) is 0 Å². The zero-order chi connectivity index (χ0) is 24.0. The van der Waals surface area contributed by atoms with Gasteiger partial charge in [-0.15, -0.1) is 0 Å². The number of carbonyl (C=O) groups is 1. The van der Waals surface area contributed by atoms with Crippen LogP contribution in [0.4, 0.5) is 4.39 Å². The summed E-state index contributed by atoms with van der Waals surface area (Å²) in [4.78, 5) is 18.1. The first-order valence-electron chi connectivity index (χ1n) is 10.2. The van der Waals surface area contributed by atoms with E-state index in [1.54, 1.807) is 48.6 Å². The number of aromatic amines is 1. The van der Waals surface area contributed by atoms with E-state index in [9.17, 15) is 4.79 Å². The zero-order valence-electron chi connectivity index (χ0n) is 18.0. The van der Waals surface area contributed by atoms with Gasteiger partial charge in [-0.05, 0) is 34.8 Å². The first-order chi connectivity index (χ1) is 15.9. The highest BCUT2D eigenvalue weighted by Gasteiger charge is 2.15. The van der Waals surface area contributed by atoms with Crippen LogP contribution in [0.1, 0.15) is 12.0 Å². The number of aromatic nitrogens is 2. The first-order valence-corrected chi connectivity index (χ1v) is 10.2. The summed E-state index contributed by atoms with van der Waals surface area (Å²) in [5.41, 5.74) is 15.2. The molecule has 0 aliphatic carbocycles. The molecule has 0 unspecified atom stereocenters. The molecule has 3 rings (SSSR count). The fourth-order valence-corrected chi connectivity index (χ4v) is 3.53. The van der Waals surface area contributed by atoms with Gasteiger partial charge in [0.05, 0.1) is 11.5 Å². The first kappa shape index (κ1) is 23.3. The molecule has 0 fully saturated rings. The minimum atomic E-state index is -0.868. The van der Waals surface area contributed by atoms with Gasteiger partial charge < -0.3 is 21.6 Å². The largest absolute Gasteiger partial charge is 0.481 e. The van der Waals surface area contributed by atoms with E-state index in [4.69, 9.17) is 16.6 Å². The van der Waals surface area contributed by atoms with Gasteiger partial charge in [0, 0.05) is 35.0 Å². The second-order valence-corrected chi connectivity index (χ2v) is 7.30. The molecule has 0 spiro atoms. The topological polar surface area (TPSA) is 118 Å². The summed E-state index contributed by atoms with van der Waals surface area (Å²) in [6.07, 6.45) is 11.3. The van der Waals surface area contributed by atoms with Gasteiger partial charge in [0.2, 0.25) is 0 Å². The van der Waals surface area contributed by atoms with Gasteiger partial charge in [0.1, 0.15) is 11.5 Å². The summed E-state index contributed by atoms with van der Waals surface area (Å²) >= 11 is 0. The number of benzene rings is 1. The fraction of sp³-hybridized carbons (Fsp3) is 0.0769. The Bertz CT molecular complexity index is 1400. The Morgan fingerprint density at radius 1 is 1.24 bits per heavy atom.